The van der Waals surface area contributed by atoms with Crippen LogP contribution >= 0.6 is 0 Å². The summed E-state index contributed by atoms with van der Waals surface area (Å²) in [5, 5.41) is 56.1. The number of nitrogens with zero attached hydrogens (tertiary/aromatic N) is 2. The Labute approximate surface area is 453 Å². The van der Waals surface area contributed by atoms with Crippen LogP contribution in [0, 0.1) is 5.92 Å². The number of aliphatic carboxylic acids is 3. The number of carboxylic acids is 3. The van der Waals surface area contributed by atoms with Gasteiger partial charge in [-0.25, -0.2) is 4.79 Å². The molecule has 0 saturated carbocycles. The quantitative estimate of drug-likeness (QED) is 0.0261. The third-order valence-corrected chi connectivity index (χ3v) is 13.3. The fourth-order valence-electron chi connectivity index (χ4n) is 9.02. The Morgan fingerprint density at radius 3 is 1.45 bits per heavy atom. The highest BCUT2D eigenvalue weighted by Crippen LogP contribution is 2.22. The van der Waals surface area contributed by atoms with Crippen LogP contribution in [0.3, 0.4) is 0 Å². The van der Waals surface area contributed by atoms with E-state index in [1.54, 1.807) is 0 Å². The largest absolute Gasteiger partial charge is 0.481 e. The first kappa shape index (κ1) is 67.5. The van der Waals surface area contributed by atoms with Crippen molar-refractivity contribution in [3.05, 3.63) is 0 Å². The molecule has 2 heterocycles. The molecule has 2 fully saturated rings. The monoisotopic (exact) mass is 1110 g/mol. The van der Waals surface area contributed by atoms with Crippen LogP contribution in [-0.2, 0) is 57.5 Å². The molecular weight excluding hydrogens is 1030 g/mol. The number of carbonyl (C=O) groups excluding carboxylic acids is 9. The third-order valence-electron chi connectivity index (χ3n) is 13.3. The van der Waals surface area contributed by atoms with E-state index in [0.717, 1.165) is 9.80 Å². The Bertz CT molecular complexity index is 2070. The Hall–Kier alpha value is -6.56. The van der Waals surface area contributed by atoms with Crippen molar-refractivity contribution in [2.75, 3.05) is 39.3 Å². The summed E-state index contributed by atoms with van der Waals surface area (Å²) in [6.07, 6.45) is 1.96. The van der Waals surface area contributed by atoms with E-state index in [2.05, 4.69) is 37.2 Å². The molecule has 29 nitrogen and oxygen atoms in total. The van der Waals surface area contributed by atoms with Crippen LogP contribution in [0.15, 0.2) is 0 Å². The summed E-state index contributed by atoms with van der Waals surface area (Å²) in [4.78, 5) is 161. The number of amides is 9. The van der Waals surface area contributed by atoms with Gasteiger partial charge in [0, 0.05) is 19.5 Å². The summed E-state index contributed by atoms with van der Waals surface area (Å²) in [7, 11) is 0. The van der Waals surface area contributed by atoms with E-state index >= 15 is 0 Å². The van der Waals surface area contributed by atoms with Gasteiger partial charge in [0.15, 0.2) is 0 Å². The number of carbonyl (C=O) groups is 12. The van der Waals surface area contributed by atoms with E-state index in [0.29, 0.717) is 64.5 Å². The lowest BCUT2D eigenvalue weighted by Gasteiger charge is -2.31. The van der Waals surface area contributed by atoms with Gasteiger partial charge in [0.1, 0.15) is 54.4 Å². The van der Waals surface area contributed by atoms with Crippen LogP contribution in [-0.4, -0.2) is 201 Å². The number of hydrogen-bond acceptors (Lipinski definition) is 17. The number of rotatable bonds is 37. The minimum absolute atomic E-state index is 0.00296. The molecule has 2 rings (SSSR count). The van der Waals surface area contributed by atoms with Crippen molar-refractivity contribution >= 4 is 71.1 Å². The maximum Gasteiger partial charge on any atom is 0.326 e. The molecule has 0 aromatic rings. The first-order chi connectivity index (χ1) is 36.9. The minimum Gasteiger partial charge on any atom is -0.481 e. The zero-order valence-corrected chi connectivity index (χ0v) is 45.0. The smallest absolute Gasteiger partial charge is 0.326 e. The van der Waals surface area contributed by atoms with Gasteiger partial charge in [0.2, 0.25) is 53.2 Å². The third kappa shape index (κ3) is 22.8. The SMILES string of the molecule is CC(C)C[C@H](NC(=O)[C@@H](N)CCCCN)C(=O)N[C@@H](CCCCN)C(=O)N[C@@H](CCC(=O)O)C(=O)N1CCC[C@H]1C(=O)N[C@@H](CC(=O)O)C(=O)N[C@@H](C)C(=O)N1CCC[C@H]1C(=O)N[C@@H](CO)C(=O)N[C@@H](CCCCN)C(=O)O. The number of carboxylic acid groups (broad SMARTS) is 3. The van der Waals surface area contributed by atoms with E-state index in [-0.39, 0.29) is 64.1 Å². The first-order valence-electron chi connectivity index (χ1n) is 26.8. The molecule has 0 aliphatic carbocycles. The fraction of sp³-hybridized carbons (Fsp3) is 0.755. The molecule has 442 valence electrons. The second-order valence-corrected chi connectivity index (χ2v) is 20.1. The molecule has 0 spiro atoms. The zero-order chi connectivity index (χ0) is 58.6. The number of nitrogens with two attached hydrogens (primary N) is 4. The fourth-order valence-corrected chi connectivity index (χ4v) is 9.02. The number of aliphatic hydroxyl groups is 1. The van der Waals surface area contributed by atoms with E-state index in [1.165, 1.54) is 6.92 Å². The maximum absolute atomic E-state index is 14.3. The highest BCUT2D eigenvalue weighted by atomic mass is 16.4. The van der Waals surface area contributed by atoms with Gasteiger partial charge in [0.25, 0.3) is 0 Å². The molecule has 0 aromatic heterocycles. The van der Waals surface area contributed by atoms with Crippen molar-refractivity contribution in [3.63, 3.8) is 0 Å². The van der Waals surface area contributed by atoms with Gasteiger partial charge < -0.3 is 90.4 Å². The van der Waals surface area contributed by atoms with Crippen molar-refractivity contribution in [2.45, 2.75) is 190 Å². The molecule has 0 bridgehead atoms. The zero-order valence-electron chi connectivity index (χ0n) is 45.0. The number of likely N-dealkylation sites (tertiary alicyclic amines) is 2. The summed E-state index contributed by atoms with van der Waals surface area (Å²) >= 11 is 0. The molecule has 0 radical (unpaired) electrons. The molecule has 29 heteroatoms. The molecule has 0 aromatic carbocycles. The van der Waals surface area contributed by atoms with Gasteiger partial charge in [-0.2, -0.15) is 0 Å². The van der Waals surface area contributed by atoms with Crippen LogP contribution < -0.4 is 60.2 Å². The average Bonchev–Trinajstić information content (AvgIpc) is 4.09. The highest BCUT2D eigenvalue weighted by Gasteiger charge is 2.42. The van der Waals surface area contributed by atoms with Crippen LogP contribution in [0.1, 0.15) is 130 Å². The predicted octanol–water partition coefficient (Wildman–Crippen LogP) is -4.44. The Kier molecular flexibility index (Phi) is 30.4. The van der Waals surface area contributed by atoms with Crippen molar-refractivity contribution in [1.29, 1.82) is 0 Å². The van der Waals surface area contributed by atoms with Gasteiger partial charge in [-0.15, -0.1) is 0 Å². The molecular formula is C49H85N13O16. The van der Waals surface area contributed by atoms with Crippen molar-refractivity contribution < 1.29 is 78.0 Å². The Morgan fingerprint density at radius 2 is 0.949 bits per heavy atom. The number of unbranched alkanes of at least 4 members (excludes halogenated alkanes) is 3. The second kappa shape index (κ2) is 35.1. The molecule has 0 unspecified atom stereocenters. The minimum atomic E-state index is -1.83. The lowest BCUT2D eigenvalue weighted by Crippen LogP contribution is -2.60. The number of nitrogens with one attached hydrogen (secondary N) is 7. The van der Waals surface area contributed by atoms with E-state index in [9.17, 15) is 78.0 Å². The van der Waals surface area contributed by atoms with Crippen LogP contribution in [0.25, 0.3) is 0 Å². The summed E-state index contributed by atoms with van der Waals surface area (Å²) in [5.41, 5.74) is 22.8. The summed E-state index contributed by atoms with van der Waals surface area (Å²) in [6.45, 7) is 4.86. The Morgan fingerprint density at radius 1 is 0.500 bits per heavy atom. The summed E-state index contributed by atoms with van der Waals surface area (Å²) < 4.78 is 0. The van der Waals surface area contributed by atoms with Gasteiger partial charge in [-0.1, -0.05) is 20.3 Å². The molecule has 19 N–H and O–H groups in total. The van der Waals surface area contributed by atoms with Crippen LogP contribution in [0.4, 0.5) is 0 Å². The van der Waals surface area contributed by atoms with Crippen LogP contribution in [0.5, 0.6) is 0 Å². The van der Waals surface area contributed by atoms with Crippen molar-refractivity contribution in [1.82, 2.24) is 47.0 Å². The van der Waals surface area contributed by atoms with Crippen molar-refractivity contribution in [3.8, 4) is 0 Å². The van der Waals surface area contributed by atoms with Gasteiger partial charge in [-0.05, 0) is 122 Å². The summed E-state index contributed by atoms with van der Waals surface area (Å²) in [5.74, 6) is -12.1. The van der Waals surface area contributed by atoms with Gasteiger partial charge in [0.05, 0.1) is 19.1 Å². The summed E-state index contributed by atoms with van der Waals surface area (Å²) in [6, 6.07) is -13.7. The lowest BCUT2D eigenvalue weighted by molar-refractivity contribution is -0.145. The van der Waals surface area contributed by atoms with Crippen LogP contribution in [0.2, 0.25) is 0 Å². The normalized spacial score (nSPS) is 18.2. The highest BCUT2D eigenvalue weighted by molar-refractivity contribution is 5.99. The molecule has 9 amide bonds. The Balaban J connectivity index is 2.27. The van der Waals surface area contributed by atoms with Gasteiger partial charge in [-0.3, -0.25) is 52.7 Å². The number of hydrogen-bond donors (Lipinski definition) is 15. The topological polar surface area (TPSA) is 481 Å². The van der Waals surface area contributed by atoms with Gasteiger partial charge >= 0.3 is 17.9 Å². The maximum atomic E-state index is 14.3. The molecule has 2 aliphatic rings. The van der Waals surface area contributed by atoms with Crippen molar-refractivity contribution in [2.24, 2.45) is 28.9 Å². The molecule has 2 aliphatic heterocycles. The van der Waals surface area contributed by atoms with E-state index in [4.69, 9.17) is 22.9 Å². The van der Waals surface area contributed by atoms with E-state index in [1.807, 2.05) is 13.8 Å². The lowest BCUT2D eigenvalue weighted by atomic mass is 10.0. The number of aliphatic hydroxyl groups excluding tert-OH is 1. The standard InChI is InChI=1S/C49H85N13O16/c1-27(2)24-33(58-40(68)29(53)12-4-7-19-50)43(71)55-30(13-5-8-20-51)41(69)56-31(17-18-38(64)65)48(76)62-23-11-16-37(62)45(73)59-34(25-39(66)67)42(70)54-28(3)47(75)61-22-10-15-36(61)46(74)60-35(26-63)44(72)57-32(49(77)78)14-6-9-21-52/h27-37,63H,4-26,50-53H2,1-3H3,(H,54,70)(H,55,71)(H,56,69)(H,57,72)(H,58,68)(H,59,73)(H,60,74)(H,64,65)(H,66,67)(H,77,78)/t28-,29-,30-,31-,32-,33-,34-,35-,36-,37-/m0/s1. The predicted molar refractivity (Wildman–Crippen MR) is 279 cm³/mol. The first-order valence-corrected chi connectivity index (χ1v) is 26.8. The molecule has 78 heavy (non-hydrogen) atoms. The second-order valence-electron chi connectivity index (χ2n) is 20.1. The molecule has 2 saturated heterocycles. The van der Waals surface area contributed by atoms with E-state index < -0.39 is 157 Å². The average molecular weight is 1110 g/mol. The molecule has 10 atom stereocenters.